The molecule has 0 aliphatic carbocycles. The summed E-state index contributed by atoms with van der Waals surface area (Å²) >= 11 is 0. The fraction of sp³-hybridized carbons (Fsp3) is 0.769. The minimum Gasteiger partial charge on any atom is -0.478 e. The Balaban J connectivity index is 0.000000190. The zero-order valence-electron chi connectivity index (χ0n) is 11.0. The number of carbonyl (C=O) groups is 1. The van der Waals surface area contributed by atoms with Gasteiger partial charge in [0.1, 0.15) is 12.2 Å². The molecule has 6 nitrogen and oxygen atoms in total. The molecule has 0 radical (unpaired) electrons. The first-order valence-electron chi connectivity index (χ1n) is 6.46. The van der Waals surface area contributed by atoms with Crippen molar-refractivity contribution < 1.29 is 29.2 Å². The van der Waals surface area contributed by atoms with E-state index in [1.54, 1.807) is 0 Å². The quantitative estimate of drug-likeness (QED) is 0.363. The number of hydrogen-bond acceptors (Lipinski definition) is 5. The van der Waals surface area contributed by atoms with Gasteiger partial charge < -0.3 is 24.4 Å². The van der Waals surface area contributed by atoms with Gasteiger partial charge in [0.05, 0.1) is 26.4 Å². The standard InChI is InChI=1S/C7H12O3.C6H10O3/c1-6(7(9)10)4-2-3-5-8;1(5-3-8-5)7-2-6-4-9-6/h8H,1-5H2,(H,9,10);5-6H,1-4H2. The first-order chi connectivity index (χ1) is 9.13. The second kappa shape index (κ2) is 9.03. The van der Waals surface area contributed by atoms with Crippen molar-refractivity contribution in [3.8, 4) is 0 Å². The summed E-state index contributed by atoms with van der Waals surface area (Å²) in [5, 5.41) is 16.7. The predicted molar refractivity (Wildman–Crippen MR) is 68.0 cm³/mol. The van der Waals surface area contributed by atoms with Gasteiger partial charge in [-0.25, -0.2) is 4.79 Å². The molecular weight excluding hydrogens is 252 g/mol. The number of carboxylic acids is 1. The molecule has 2 N–H and O–H groups in total. The molecule has 2 unspecified atom stereocenters. The Labute approximate surface area is 113 Å². The molecular formula is C13H22O6. The molecule has 6 heteroatoms. The maximum absolute atomic E-state index is 10.1. The molecule has 0 saturated carbocycles. The molecule has 2 aliphatic heterocycles. The lowest BCUT2D eigenvalue weighted by Crippen LogP contribution is -2.06. The molecule has 0 bridgehead atoms. The zero-order valence-corrected chi connectivity index (χ0v) is 11.0. The van der Waals surface area contributed by atoms with Crippen molar-refractivity contribution >= 4 is 5.97 Å². The monoisotopic (exact) mass is 274 g/mol. The van der Waals surface area contributed by atoms with Gasteiger partial charge in [-0.3, -0.25) is 0 Å². The summed E-state index contributed by atoms with van der Waals surface area (Å²) in [6.07, 6.45) is 2.59. The van der Waals surface area contributed by atoms with E-state index < -0.39 is 5.97 Å². The third-order valence-corrected chi connectivity index (χ3v) is 2.60. The highest BCUT2D eigenvalue weighted by atomic mass is 16.6. The van der Waals surface area contributed by atoms with Crippen molar-refractivity contribution in [3.63, 3.8) is 0 Å². The summed E-state index contributed by atoms with van der Waals surface area (Å²) in [6.45, 7) is 6.72. The van der Waals surface area contributed by atoms with E-state index in [-0.39, 0.29) is 12.2 Å². The number of epoxide rings is 2. The number of unbranched alkanes of at least 4 members (excludes halogenated alkanes) is 1. The second-order valence-electron chi connectivity index (χ2n) is 4.54. The Bertz CT molecular complexity index is 271. The maximum Gasteiger partial charge on any atom is 0.330 e. The van der Waals surface area contributed by atoms with Crippen molar-refractivity contribution in [1.29, 1.82) is 0 Å². The van der Waals surface area contributed by atoms with Crippen molar-refractivity contribution in [2.75, 3.05) is 33.0 Å². The van der Waals surface area contributed by atoms with E-state index >= 15 is 0 Å². The molecule has 2 aliphatic rings. The normalized spacial score (nSPS) is 23.2. The van der Waals surface area contributed by atoms with Crippen LogP contribution >= 0.6 is 0 Å². The lowest BCUT2D eigenvalue weighted by atomic mass is 10.1. The number of carboxylic acid groups (broad SMARTS) is 1. The average Bonchev–Trinajstić information content (AvgIpc) is 3.24. The molecule has 2 heterocycles. The van der Waals surface area contributed by atoms with Crippen molar-refractivity contribution in [3.05, 3.63) is 12.2 Å². The maximum atomic E-state index is 10.1. The lowest BCUT2D eigenvalue weighted by molar-refractivity contribution is -0.132. The van der Waals surface area contributed by atoms with Gasteiger partial charge in [-0.15, -0.1) is 0 Å². The van der Waals surface area contributed by atoms with E-state index in [0.717, 1.165) is 26.4 Å². The highest BCUT2D eigenvalue weighted by Gasteiger charge is 2.26. The van der Waals surface area contributed by atoms with E-state index in [2.05, 4.69) is 6.58 Å². The molecule has 0 aromatic heterocycles. The van der Waals surface area contributed by atoms with Crippen LogP contribution < -0.4 is 0 Å². The molecule has 2 fully saturated rings. The molecule has 0 spiro atoms. The third kappa shape index (κ3) is 9.61. The first kappa shape index (κ1) is 16.1. The van der Waals surface area contributed by atoms with Gasteiger partial charge in [-0.2, -0.15) is 0 Å². The van der Waals surface area contributed by atoms with Crippen molar-refractivity contribution in [2.24, 2.45) is 0 Å². The smallest absolute Gasteiger partial charge is 0.330 e. The van der Waals surface area contributed by atoms with Crippen LogP contribution in [0.1, 0.15) is 19.3 Å². The van der Waals surface area contributed by atoms with Crippen LogP contribution in [0.25, 0.3) is 0 Å². The number of aliphatic hydroxyl groups is 1. The number of aliphatic carboxylic acids is 1. The van der Waals surface area contributed by atoms with Crippen molar-refractivity contribution in [1.82, 2.24) is 0 Å². The number of hydrogen-bond donors (Lipinski definition) is 2. The van der Waals surface area contributed by atoms with Gasteiger partial charge >= 0.3 is 5.97 Å². The van der Waals surface area contributed by atoms with E-state index in [1.165, 1.54) is 0 Å². The Morgan fingerprint density at radius 3 is 2.11 bits per heavy atom. The Hall–Kier alpha value is -0.950. The minimum atomic E-state index is -0.946. The molecule has 19 heavy (non-hydrogen) atoms. The Morgan fingerprint density at radius 2 is 1.74 bits per heavy atom. The molecule has 0 amide bonds. The Kier molecular flexibility index (Phi) is 7.66. The van der Waals surface area contributed by atoms with Crippen molar-refractivity contribution in [2.45, 2.75) is 31.5 Å². The van der Waals surface area contributed by atoms with Gasteiger partial charge in [0.15, 0.2) is 0 Å². The van der Waals surface area contributed by atoms with Gasteiger partial charge in [0.2, 0.25) is 0 Å². The molecule has 0 aromatic rings. The van der Waals surface area contributed by atoms with Gasteiger partial charge in [-0.05, 0) is 19.3 Å². The highest BCUT2D eigenvalue weighted by Crippen LogP contribution is 2.12. The number of aliphatic hydroxyl groups excluding tert-OH is 1. The second-order valence-corrected chi connectivity index (χ2v) is 4.54. The minimum absolute atomic E-state index is 0.118. The van der Waals surface area contributed by atoms with Crippen LogP contribution in [-0.2, 0) is 19.0 Å². The first-order valence-corrected chi connectivity index (χ1v) is 6.46. The van der Waals surface area contributed by atoms with Crippen LogP contribution in [0.2, 0.25) is 0 Å². The topological polar surface area (TPSA) is 91.8 Å². The summed E-state index contributed by atoms with van der Waals surface area (Å²) in [5.41, 5.74) is 0.216. The SMILES string of the molecule is C(OCC1CO1)C1CO1.C=C(CCCCO)C(=O)O. The molecule has 0 aromatic carbocycles. The van der Waals surface area contributed by atoms with E-state index in [1.807, 2.05) is 0 Å². The fourth-order valence-electron chi connectivity index (χ4n) is 1.22. The van der Waals surface area contributed by atoms with Crippen LogP contribution in [0, 0.1) is 0 Å². The van der Waals surface area contributed by atoms with E-state index in [4.69, 9.17) is 24.4 Å². The van der Waals surface area contributed by atoms with Crippen LogP contribution in [-0.4, -0.2) is 61.4 Å². The van der Waals surface area contributed by atoms with Crippen LogP contribution in [0.3, 0.4) is 0 Å². The zero-order chi connectivity index (χ0) is 14.1. The lowest BCUT2D eigenvalue weighted by Gasteiger charge is -1.96. The number of ether oxygens (including phenoxy) is 3. The van der Waals surface area contributed by atoms with E-state index in [0.29, 0.717) is 31.5 Å². The molecule has 2 saturated heterocycles. The summed E-state index contributed by atoms with van der Waals surface area (Å²) < 4.78 is 15.1. The molecule has 110 valence electrons. The molecule has 2 rings (SSSR count). The average molecular weight is 274 g/mol. The van der Waals surface area contributed by atoms with Gasteiger partial charge in [0, 0.05) is 12.2 Å². The highest BCUT2D eigenvalue weighted by molar-refractivity contribution is 5.85. The van der Waals surface area contributed by atoms with E-state index in [9.17, 15) is 4.79 Å². The Morgan fingerprint density at radius 1 is 1.21 bits per heavy atom. The number of rotatable bonds is 9. The summed E-state index contributed by atoms with van der Waals surface area (Å²) in [7, 11) is 0. The summed E-state index contributed by atoms with van der Waals surface area (Å²) in [4.78, 5) is 10.1. The summed E-state index contributed by atoms with van der Waals surface area (Å²) in [5.74, 6) is -0.946. The summed E-state index contributed by atoms with van der Waals surface area (Å²) in [6, 6.07) is 0. The van der Waals surface area contributed by atoms with Gasteiger partial charge in [-0.1, -0.05) is 6.58 Å². The largest absolute Gasteiger partial charge is 0.478 e. The predicted octanol–water partition coefficient (Wildman–Crippen LogP) is 0.590. The van der Waals surface area contributed by atoms with Crippen LogP contribution in [0.4, 0.5) is 0 Å². The van der Waals surface area contributed by atoms with Gasteiger partial charge in [0.25, 0.3) is 0 Å². The molecule has 2 atom stereocenters. The van der Waals surface area contributed by atoms with Crippen LogP contribution in [0.5, 0.6) is 0 Å². The van der Waals surface area contributed by atoms with Crippen LogP contribution in [0.15, 0.2) is 12.2 Å². The fourth-order valence-corrected chi connectivity index (χ4v) is 1.22. The third-order valence-electron chi connectivity index (χ3n) is 2.60.